The number of aromatic nitrogens is 2. The van der Waals surface area contributed by atoms with Crippen LogP contribution in [0, 0.1) is 0 Å². The van der Waals surface area contributed by atoms with E-state index in [1.165, 1.54) is 0 Å². The topological polar surface area (TPSA) is 61.0 Å². The average Bonchev–Trinajstić information content (AvgIpc) is 2.51. The number of benzene rings is 1. The van der Waals surface area contributed by atoms with E-state index in [1.807, 2.05) is 25.1 Å². The van der Waals surface area contributed by atoms with Crippen LogP contribution in [0.25, 0.3) is 10.9 Å². The molecule has 0 bridgehead atoms. The molecule has 1 aromatic carbocycles. The van der Waals surface area contributed by atoms with Crippen LogP contribution in [-0.2, 0) is 0 Å². The summed E-state index contributed by atoms with van der Waals surface area (Å²) in [4.78, 5) is 8.59. The molecule has 4 nitrogen and oxygen atoms in total. The fourth-order valence-electron chi connectivity index (χ4n) is 2.03. The van der Waals surface area contributed by atoms with Gasteiger partial charge in [-0.25, -0.2) is 4.98 Å². The average molecular weight is 300 g/mol. The van der Waals surface area contributed by atoms with Gasteiger partial charge in [-0.05, 0) is 36.8 Å². The van der Waals surface area contributed by atoms with E-state index in [1.54, 1.807) is 30.6 Å². The fourth-order valence-corrected chi connectivity index (χ4v) is 2.24. The summed E-state index contributed by atoms with van der Waals surface area (Å²) in [6, 6.07) is 11.0. The smallest absolute Gasteiger partial charge is 0.219 e. The lowest BCUT2D eigenvalue weighted by Gasteiger charge is -2.10. The van der Waals surface area contributed by atoms with Crippen LogP contribution < -0.4 is 10.5 Å². The predicted octanol–water partition coefficient (Wildman–Crippen LogP) is 4.10. The molecule has 0 amide bonds. The number of ether oxygens (including phenoxy) is 1. The molecule has 0 aliphatic rings. The summed E-state index contributed by atoms with van der Waals surface area (Å²) < 4.78 is 5.81. The Hall–Kier alpha value is -2.17. The Morgan fingerprint density at radius 2 is 2.00 bits per heavy atom. The minimum atomic E-state index is -0.0513. The number of nitrogens with zero attached hydrogens (tertiary/aromatic N) is 2. The number of halogens is 1. The largest absolute Gasteiger partial charge is 0.437 e. The number of fused-ring (bicyclic) bond motifs is 1. The van der Waals surface area contributed by atoms with Gasteiger partial charge in [0.1, 0.15) is 5.52 Å². The van der Waals surface area contributed by atoms with E-state index in [2.05, 4.69) is 9.97 Å². The lowest BCUT2D eigenvalue weighted by molar-refractivity contribution is 0.466. The maximum atomic E-state index is 6.16. The van der Waals surface area contributed by atoms with Crippen LogP contribution in [0.5, 0.6) is 11.6 Å². The first kappa shape index (κ1) is 13.8. The highest BCUT2D eigenvalue weighted by atomic mass is 35.5. The van der Waals surface area contributed by atoms with E-state index in [0.717, 1.165) is 10.9 Å². The van der Waals surface area contributed by atoms with Gasteiger partial charge in [0.2, 0.25) is 5.88 Å². The van der Waals surface area contributed by atoms with Crippen LogP contribution in [0.4, 0.5) is 0 Å². The van der Waals surface area contributed by atoms with Gasteiger partial charge in [-0.2, -0.15) is 0 Å². The van der Waals surface area contributed by atoms with Gasteiger partial charge < -0.3 is 10.5 Å². The van der Waals surface area contributed by atoms with Crippen LogP contribution in [0.15, 0.2) is 48.8 Å². The van der Waals surface area contributed by atoms with Crippen molar-refractivity contribution in [3.8, 4) is 11.6 Å². The van der Waals surface area contributed by atoms with E-state index in [-0.39, 0.29) is 6.04 Å². The van der Waals surface area contributed by atoms with Gasteiger partial charge in [0.05, 0.1) is 5.02 Å². The van der Waals surface area contributed by atoms with E-state index in [0.29, 0.717) is 22.2 Å². The highest BCUT2D eigenvalue weighted by Crippen LogP contribution is 2.32. The number of hydrogen-bond donors (Lipinski definition) is 1. The number of rotatable bonds is 3. The molecule has 21 heavy (non-hydrogen) atoms. The minimum absolute atomic E-state index is 0.0513. The first-order valence-electron chi connectivity index (χ1n) is 6.58. The van der Waals surface area contributed by atoms with Gasteiger partial charge in [0.15, 0.2) is 5.75 Å². The van der Waals surface area contributed by atoms with Gasteiger partial charge in [-0.15, -0.1) is 0 Å². The quantitative estimate of drug-likeness (QED) is 0.791. The molecule has 0 radical (unpaired) electrons. The Bertz CT molecular complexity index is 772. The fraction of sp³-hybridized carbons (Fsp3) is 0.125. The third kappa shape index (κ3) is 2.82. The lowest BCUT2D eigenvalue weighted by atomic mass is 10.2. The van der Waals surface area contributed by atoms with Gasteiger partial charge >= 0.3 is 0 Å². The standard InChI is InChI=1S/C16H14ClN3O/c1-10(18)11-4-7-15(20-9-11)21-14-6-5-13(17)12-3-2-8-19-16(12)14/h2-10H,18H2,1H3/t10-/m1/s1. The molecule has 0 spiro atoms. The summed E-state index contributed by atoms with van der Waals surface area (Å²) in [6.45, 7) is 1.91. The molecule has 2 heterocycles. The van der Waals surface area contributed by atoms with Crippen molar-refractivity contribution in [2.24, 2.45) is 5.73 Å². The first-order chi connectivity index (χ1) is 10.1. The van der Waals surface area contributed by atoms with E-state index in [4.69, 9.17) is 22.1 Å². The molecule has 2 N–H and O–H groups in total. The predicted molar refractivity (Wildman–Crippen MR) is 83.7 cm³/mol. The molecule has 0 fully saturated rings. The molecule has 106 valence electrons. The van der Waals surface area contributed by atoms with Gasteiger partial charge in [-0.3, -0.25) is 4.98 Å². The van der Waals surface area contributed by atoms with Crippen molar-refractivity contribution in [2.45, 2.75) is 13.0 Å². The maximum absolute atomic E-state index is 6.16. The van der Waals surface area contributed by atoms with Crippen molar-refractivity contribution < 1.29 is 4.74 Å². The van der Waals surface area contributed by atoms with Crippen molar-refractivity contribution in [1.82, 2.24) is 9.97 Å². The van der Waals surface area contributed by atoms with E-state index >= 15 is 0 Å². The molecule has 1 atom stereocenters. The van der Waals surface area contributed by atoms with Crippen LogP contribution in [-0.4, -0.2) is 9.97 Å². The number of hydrogen-bond acceptors (Lipinski definition) is 4. The van der Waals surface area contributed by atoms with Crippen molar-refractivity contribution in [3.63, 3.8) is 0 Å². The summed E-state index contributed by atoms with van der Waals surface area (Å²) in [5.41, 5.74) is 7.47. The zero-order valence-electron chi connectivity index (χ0n) is 11.5. The summed E-state index contributed by atoms with van der Waals surface area (Å²) in [7, 11) is 0. The monoisotopic (exact) mass is 299 g/mol. The Kier molecular flexibility index (Phi) is 3.73. The van der Waals surface area contributed by atoms with Crippen LogP contribution >= 0.6 is 11.6 Å². The van der Waals surface area contributed by atoms with Crippen molar-refractivity contribution in [1.29, 1.82) is 0 Å². The highest BCUT2D eigenvalue weighted by Gasteiger charge is 2.08. The SMILES string of the molecule is C[C@@H](N)c1ccc(Oc2ccc(Cl)c3cccnc23)nc1. The van der Waals surface area contributed by atoms with Crippen molar-refractivity contribution in [2.75, 3.05) is 0 Å². The number of nitrogens with two attached hydrogens (primary N) is 1. The van der Waals surface area contributed by atoms with Crippen molar-refractivity contribution in [3.05, 3.63) is 59.4 Å². The Morgan fingerprint density at radius 1 is 1.14 bits per heavy atom. The third-order valence-corrected chi connectivity index (χ3v) is 3.51. The van der Waals surface area contributed by atoms with Crippen LogP contribution in [0.3, 0.4) is 0 Å². The van der Waals surface area contributed by atoms with Crippen LogP contribution in [0.2, 0.25) is 5.02 Å². The lowest BCUT2D eigenvalue weighted by Crippen LogP contribution is -2.05. The molecular weight excluding hydrogens is 286 g/mol. The first-order valence-corrected chi connectivity index (χ1v) is 6.95. The van der Waals surface area contributed by atoms with Crippen LogP contribution in [0.1, 0.15) is 18.5 Å². The molecule has 0 saturated heterocycles. The van der Waals surface area contributed by atoms with E-state index in [9.17, 15) is 0 Å². The summed E-state index contributed by atoms with van der Waals surface area (Å²) in [5.74, 6) is 1.12. The third-order valence-electron chi connectivity index (χ3n) is 3.18. The maximum Gasteiger partial charge on any atom is 0.219 e. The second-order valence-electron chi connectivity index (χ2n) is 4.77. The molecule has 3 aromatic rings. The zero-order chi connectivity index (χ0) is 14.8. The molecule has 5 heteroatoms. The molecular formula is C16H14ClN3O. The second kappa shape index (κ2) is 5.68. The summed E-state index contributed by atoms with van der Waals surface area (Å²) in [6.07, 6.45) is 3.42. The normalized spacial score (nSPS) is 12.3. The van der Waals surface area contributed by atoms with E-state index < -0.39 is 0 Å². The Morgan fingerprint density at radius 3 is 2.71 bits per heavy atom. The Balaban J connectivity index is 1.96. The second-order valence-corrected chi connectivity index (χ2v) is 5.17. The summed E-state index contributed by atoms with van der Waals surface area (Å²) >= 11 is 6.16. The highest BCUT2D eigenvalue weighted by molar-refractivity contribution is 6.35. The molecule has 0 aliphatic carbocycles. The van der Waals surface area contributed by atoms with Gasteiger partial charge in [0.25, 0.3) is 0 Å². The summed E-state index contributed by atoms with van der Waals surface area (Å²) in [5, 5.41) is 1.49. The molecule has 0 aliphatic heterocycles. The molecule has 2 aromatic heterocycles. The zero-order valence-corrected chi connectivity index (χ0v) is 12.2. The molecule has 0 saturated carbocycles. The molecule has 0 unspecified atom stereocenters. The Labute approximate surface area is 127 Å². The molecule has 3 rings (SSSR count). The minimum Gasteiger partial charge on any atom is -0.437 e. The van der Waals surface area contributed by atoms with Crippen molar-refractivity contribution >= 4 is 22.5 Å². The van der Waals surface area contributed by atoms with Gasteiger partial charge in [0, 0.05) is 29.9 Å². The number of pyridine rings is 2. The van der Waals surface area contributed by atoms with Gasteiger partial charge in [-0.1, -0.05) is 17.7 Å².